The Morgan fingerprint density at radius 1 is 1.41 bits per heavy atom. The molecule has 114 valence electrons. The quantitative estimate of drug-likeness (QED) is 0.630. The van der Waals surface area contributed by atoms with Gasteiger partial charge in [0.05, 0.1) is 17.3 Å². The fourth-order valence-corrected chi connectivity index (χ4v) is 2.92. The van der Waals surface area contributed by atoms with Crippen LogP contribution in [0.25, 0.3) is 10.2 Å². The molecule has 1 aliphatic rings. The average molecular weight is 320 g/mol. The molecule has 3 rings (SSSR count). The molecule has 1 aliphatic heterocycles. The first-order valence-corrected chi connectivity index (χ1v) is 7.26. The molecule has 1 aromatic carbocycles. The van der Waals surface area contributed by atoms with Crippen molar-refractivity contribution in [2.45, 2.75) is 13.0 Å². The van der Waals surface area contributed by atoms with Crippen LogP contribution < -0.4 is 4.74 Å². The van der Waals surface area contributed by atoms with E-state index in [2.05, 4.69) is 14.7 Å². The minimum atomic E-state index is -0.649. The van der Waals surface area contributed by atoms with Gasteiger partial charge in [-0.15, -0.1) is 11.3 Å². The number of methoxy groups -OCH3 is 1. The molecule has 2 aromatic rings. The Labute approximate surface area is 129 Å². The number of aromatic nitrogens is 1. The molecule has 0 saturated heterocycles. The Morgan fingerprint density at radius 3 is 2.95 bits per heavy atom. The van der Waals surface area contributed by atoms with E-state index < -0.39 is 12.0 Å². The first-order valence-electron chi connectivity index (χ1n) is 6.44. The molecule has 22 heavy (non-hydrogen) atoms. The Balaban J connectivity index is 1.89. The predicted octanol–water partition coefficient (Wildman–Crippen LogP) is 1.54. The maximum atomic E-state index is 11.4. The third-order valence-corrected chi connectivity index (χ3v) is 3.93. The number of nitrogens with zero attached hydrogens (tertiary/aromatic N) is 2. The molecule has 0 aliphatic carbocycles. The zero-order valence-electron chi connectivity index (χ0n) is 11.9. The number of thiazole rings is 1. The van der Waals surface area contributed by atoms with Crippen LogP contribution in [0.1, 0.15) is 11.9 Å². The Hall–Kier alpha value is -2.48. The van der Waals surface area contributed by atoms with Gasteiger partial charge < -0.3 is 14.2 Å². The Bertz CT molecular complexity index is 783. The lowest BCUT2D eigenvalue weighted by Gasteiger charge is -1.99. The number of esters is 2. The largest absolute Gasteiger partial charge is 0.473 e. The molecule has 0 radical (unpaired) electrons. The third kappa shape index (κ3) is 2.77. The summed E-state index contributed by atoms with van der Waals surface area (Å²) in [6.45, 7) is 1.49. The summed E-state index contributed by atoms with van der Waals surface area (Å²) in [6, 6.07) is 4.50. The highest BCUT2D eigenvalue weighted by Crippen LogP contribution is 2.28. The van der Waals surface area contributed by atoms with E-state index in [0.29, 0.717) is 16.7 Å². The third-order valence-electron chi connectivity index (χ3n) is 2.93. The van der Waals surface area contributed by atoms with Crippen molar-refractivity contribution < 1.29 is 23.8 Å². The lowest BCUT2D eigenvalue weighted by Crippen LogP contribution is -2.21. The van der Waals surface area contributed by atoms with Gasteiger partial charge in [0.1, 0.15) is 12.4 Å². The number of rotatable bonds is 3. The van der Waals surface area contributed by atoms with Gasteiger partial charge in [0.25, 0.3) is 0 Å². The maximum absolute atomic E-state index is 11.4. The number of hydrogen-bond donors (Lipinski definition) is 0. The fourth-order valence-electron chi connectivity index (χ4n) is 1.97. The van der Waals surface area contributed by atoms with Crippen molar-refractivity contribution in [3.63, 3.8) is 0 Å². The van der Waals surface area contributed by atoms with E-state index in [-0.39, 0.29) is 12.6 Å². The molecule has 1 aromatic heterocycles. The monoisotopic (exact) mass is 320 g/mol. The van der Waals surface area contributed by atoms with Crippen LogP contribution in [-0.2, 0) is 19.1 Å². The van der Waals surface area contributed by atoms with Crippen molar-refractivity contribution in [1.82, 2.24) is 4.98 Å². The standard InChI is InChI=1S/C14H12N2O5S/c1-7(17)21-8-3-4-9-11(5-8)22-13(16-9)12-15-10(6-20-12)14(18)19-2/h3-5,10H,6H2,1-2H3. The summed E-state index contributed by atoms with van der Waals surface area (Å²) in [4.78, 5) is 31.0. The molecule has 0 bridgehead atoms. The molecule has 0 spiro atoms. The van der Waals surface area contributed by atoms with E-state index in [9.17, 15) is 9.59 Å². The molecule has 0 saturated carbocycles. The zero-order valence-corrected chi connectivity index (χ0v) is 12.7. The Kier molecular flexibility index (Phi) is 3.76. The van der Waals surface area contributed by atoms with E-state index in [1.807, 2.05) is 0 Å². The lowest BCUT2D eigenvalue weighted by atomic mass is 10.3. The van der Waals surface area contributed by atoms with Gasteiger partial charge in [0, 0.05) is 13.0 Å². The van der Waals surface area contributed by atoms with Crippen LogP contribution in [0.3, 0.4) is 0 Å². The number of carbonyl (C=O) groups is 2. The second-order valence-electron chi connectivity index (χ2n) is 4.53. The summed E-state index contributed by atoms with van der Waals surface area (Å²) in [5.41, 5.74) is 0.740. The molecule has 1 atom stereocenters. The van der Waals surface area contributed by atoms with Gasteiger partial charge in [-0.05, 0) is 12.1 Å². The van der Waals surface area contributed by atoms with Gasteiger partial charge in [-0.25, -0.2) is 14.8 Å². The molecule has 1 unspecified atom stereocenters. The molecule has 0 fully saturated rings. The fraction of sp³-hybridized carbons (Fsp3) is 0.286. The van der Waals surface area contributed by atoms with Crippen LogP contribution >= 0.6 is 11.3 Å². The van der Waals surface area contributed by atoms with Gasteiger partial charge in [0.2, 0.25) is 5.90 Å². The number of aliphatic imine (C=N–C) groups is 1. The molecule has 2 heterocycles. The summed E-state index contributed by atoms with van der Waals surface area (Å²) >= 11 is 1.35. The van der Waals surface area contributed by atoms with Crippen LogP contribution in [0.15, 0.2) is 23.2 Å². The highest BCUT2D eigenvalue weighted by atomic mass is 32.1. The van der Waals surface area contributed by atoms with Crippen LogP contribution in [-0.4, -0.2) is 42.6 Å². The van der Waals surface area contributed by atoms with E-state index in [1.165, 1.54) is 25.4 Å². The van der Waals surface area contributed by atoms with Crippen molar-refractivity contribution in [2.24, 2.45) is 4.99 Å². The minimum absolute atomic E-state index is 0.149. The molecule has 0 N–H and O–H groups in total. The highest BCUT2D eigenvalue weighted by Gasteiger charge is 2.28. The molecule has 0 amide bonds. The predicted molar refractivity (Wildman–Crippen MR) is 79.2 cm³/mol. The van der Waals surface area contributed by atoms with Crippen molar-refractivity contribution >= 4 is 39.4 Å². The normalized spacial score (nSPS) is 17.0. The summed E-state index contributed by atoms with van der Waals surface area (Å²) in [5.74, 6) is -0.0377. The van der Waals surface area contributed by atoms with E-state index in [0.717, 1.165) is 10.2 Å². The summed E-state index contributed by atoms with van der Waals surface area (Å²) in [7, 11) is 1.31. The minimum Gasteiger partial charge on any atom is -0.473 e. The zero-order chi connectivity index (χ0) is 15.7. The van der Waals surface area contributed by atoms with Gasteiger partial charge in [-0.2, -0.15) is 0 Å². The van der Waals surface area contributed by atoms with E-state index >= 15 is 0 Å². The van der Waals surface area contributed by atoms with E-state index in [1.54, 1.807) is 18.2 Å². The van der Waals surface area contributed by atoms with Crippen LogP contribution in [0.2, 0.25) is 0 Å². The summed E-state index contributed by atoms with van der Waals surface area (Å²) < 4.78 is 15.9. The van der Waals surface area contributed by atoms with Crippen LogP contribution in [0, 0.1) is 0 Å². The Morgan fingerprint density at radius 2 is 2.23 bits per heavy atom. The maximum Gasteiger partial charge on any atom is 0.334 e. The van der Waals surface area contributed by atoms with Crippen LogP contribution in [0.5, 0.6) is 5.75 Å². The van der Waals surface area contributed by atoms with Gasteiger partial charge in [-0.1, -0.05) is 0 Å². The second kappa shape index (κ2) is 5.72. The summed E-state index contributed by atoms with van der Waals surface area (Å²) in [5, 5.41) is 0.571. The van der Waals surface area contributed by atoms with Crippen molar-refractivity contribution in [2.75, 3.05) is 13.7 Å². The number of fused-ring (bicyclic) bond motifs is 1. The topological polar surface area (TPSA) is 87.1 Å². The molecule has 7 nitrogen and oxygen atoms in total. The van der Waals surface area contributed by atoms with Crippen molar-refractivity contribution in [1.29, 1.82) is 0 Å². The number of ether oxygens (including phenoxy) is 3. The molecular formula is C14H12N2O5S. The number of carbonyl (C=O) groups excluding carboxylic acids is 2. The van der Waals surface area contributed by atoms with Gasteiger partial charge >= 0.3 is 11.9 Å². The van der Waals surface area contributed by atoms with Gasteiger partial charge in [0.15, 0.2) is 11.0 Å². The molecule has 8 heteroatoms. The van der Waals surface area contributed by atoms with E-state index in [4.69, 9.17) is 9.47 Å². The highest BCUT2D eigenvalue weighted by molar-refractivity contribution is 7.20. The first kappa shape index (κ1) is 14.5. The SMILES string of the molecule is COC(=O)C1COC(c2nc3ccc(OC(C)=O)cc3s2)=N1. The smallest absolute Gasteiger partial charge is 0.334 e. The number of benzene rings is 1. The number of hydrogen-bond acceptors (Lipinski definition) is 8. The second-order valence-corrected chi connectivity index (χ2v) is 5.56. The average Bonchev–Trinajstić information content (AvgIpc) is 3.11. The first-order chi connectivity index (χ1) is 10.6. The van der Waals surface area contributed by atoms with Crippen molar-refractivity contribution in [3.05, 3.63) is 23.2 Å². The summed E-state index contributed by atoms with van der Waals surface area (Å²) in [6.07, 6.45) is 0. The lowest BCUT2D eigenvalue weighted by molar-refractivity contribution is -0.142. The van der Waals surface area contributed by atoms with Gasteiger partial charge in [-0.3, -0.25) is 4.79 Å². The van der Waals surface area contributed by atoms with Crippen LogP contribution in [0.4, 0.5) is 0 Å². The molecular weight excluding hydrogens is 308 g/mol. The van der Waals surface area contributed by atoms with Crippen molar-refractivity contribution in [3.8, 4) is 5.75 Å².